The zero-order valence-corrected chi connectivity index (χ0v) is 9.75. The topological polar surface area (TPSA) is 55.2 Å². The fourth-order valence-electron chi connectivity index (χ4n) is 1.02. The molecule has 15 heavy (non-hydrogen) atoms. The molecule has 0 saturated heterocycles. The number of aromatic nitrogens is 2. The highest BCUT2D eigenvalue weighted by Crippen LogP contribution is 2.30. The van der Waals surface area contributed by atoms with Gasteiger partial charge in [0.25, 0.3) is 0 Å². The van der Waals surface area contributed by atoms with Crippen molar-refractivity contribution in [3.05, 3.63) is 40.4 Å². The van der Waals surface area contributed by atoms with Crippen LogP contribution in [0.3, 0.4) is 0 Å². The van der Waals surface area contributed by atoms with Crippen LogP contribution in [0.1, 0.15) is 0 Å². The Balaban J connectivity index is 2.30. The molecule has 1 heterocycles. The Hall–Kier alpha value is -1.37. The number of hydrogen-bond acceptors (Lipinski definition) is 4. The number of para-hydroxylation sites is 2. The molecule has 0 aliphatic rings. The first-order chi connectivity index (χ1) is 7.27. The van der Waals surface area contributed by atoms with Crippen LogP contribution in [0.25, 0.3) is 0 Å². The summed E-state index contributed by atoms with van der Waals surface area (Å²) in [7, 11) is 0. The summed E-state index contributed by atoms with van der Waals surface area (Å²) in [6, 6.07) is 6.74. The first-order valence-electron chi connectivity index (χ1n) is 4.19. The summed E-state index contributed by atoms with van der Waals surface area (Å²) in [5.74, 6) is 0.910. The molecule has 2 rings (SSSR count). The summed E-state index contributed by atoms with van der Waals surface area (Å²) >= 11 is 2.07. The van der Waals surface area contributed by atoms with Gasteiger partial charge >= 0.3 is 0 Å². The van der Waals surface area contributed by atoms with E-state index in [9.17, 15) is 5.11 Å². The Bertz CT molecular complexity index is 433. The molecule has 0 amide bonds. The van der Waals surface area contributed by atoms with Crippen molar-refractivity contribution in [2.45, 2.75) is 0 Å². The van der Waals surface area contributed by atoms with Crippen molar-refractivity contribution >= 4 is 22.6 Å². The molecule has 0 radical (unpaired) electrons. The number of rotatable bonds is 2. The van der Waals surface area contributed by atoms with Gasteiger partial charge < -0.3 is 9.84 Å². The molecule has 1 aromatic carbocycles. The summed E-state index contributed by atoms with van der Waals surface area (Å²) in [5, 5.41) is 9.49. The molecule has 5 heteroatoms. The van der Waals surface area contributed by atoms with Crippen LogP contribution in [-0.4, -0.2) is 15.1 Å². The van der Waals surface area contributed by atoms with Gasteiger partial charge in [0.1, 0.15) is 6.33 Å². The Labute approximate surface area is 100 Å². The van der Waals surface area contributed by atoms with E-state index in [1.807, 2.05) is 0 Å². The van der Waals surface area contributed by atoms with Crippen molar-refractivity contribution in [3.8, 4) is 17.4 Å². The predicted molar refractivity (Wildman–Crippen MR) is 62.9 cm³/mol. The van der Waals surface area contributed by atoms with Crippen LogP contribution in [0.5, 0.6) is 17.4 Å². The lowest BCUT2D eigenvalue weighted by Gasteiger charge is -2.06. The van der Waals surface area contributed by atoms with E-state index in [4.69, 9.17) is 4.74 Å². The van der Waals surface area contributed by atoms with E-state index in [1.54, 1.807) is 30.5 Å². The van der Waals surface area contributed by atoms with Crippen LogP contribution >= 0.6 is 22.6 Å². The van der Waals surface area contributed by atoms with Crippen molar-refractivity contribution in [1.29, 1.82) is 0 Å². The van der Waals surface area contributed by atoms with Crippen LogP contribution in [0.15, 0.2) is 36.8 Å². The van der Waals surface area contributed by atoms with Crippen molar-refractivity contribution in [2.24, 2.45) is 0 Å². The van der Waals surface area contributed by atoms with E-state index >= 15 is 0 Å². The average molecular weight is 314 g/mol. The normalized spacial score (nSPS) is 9.93. The standard InChI is InChI=1S/C10H7IN2O2/c11-7-5-12-6-13-10(7)15-9-4-2-1-3-8(9)14/h1-6,14H. The Morgan fingerprint density at radius 2 is 2.07 bits per heavy atom. The molecule has 0 saturated carbocycles. The molecule has 0 atom stereocenters. The summed E-state index contributed by atoms with van der Waals surface area (Å²) in [6.07, 6.45) is 3.04. The first-order valence-corrected chi connectivity index (χ1v) is 5.26. The van der Waals surface area contributed by atoms with Crippen LogP contribution in [0.2, 0.25) is 0 Å². The van der Waals surface area contributed by atoms with Gasteiger partial charge in [-0.25, -0.2) is 9.97 Å². The largest absolute Gasteiger partial charge is 0.504 e. The lowest BCUT2D eigenvalue weighted by atomic mass is 10.3. The van der Waals surface area contributed by atoms with Gasteiger partial charge in [0.2, 0.25) is 5.88 Å². The molecule has 1 N–H and O–H groups in total. The molecule has 2 aromatic rings. The van der Waals surface area contributed by atoms with E-state index in [1.165, 1.54) is 6.33 Å². The second-order valence-electron chi connectivity index (χ2n) is 2.75. The summed E-state index contributed by atoms with van der Waals surface area (Å²) < 4.78 is 6.22. The monoisotopic (exact) mass is 314 g/mol. The van der Waals surface area contributed by atoms with Crippen LogP contribution in [0.4, 0.5) is 0 Å². The predicted octanol–water partition coefficient (Wildman–Crippen LogP) is 2.58. The van der Waals surface area contributed by atoms with Gasteiger partial charge in [0.05, 0.1) is 3.57 Å². The number of aromatic hydroxyl groups is 1. The fourth-order valence-corrected chi connectivity index (χ4v) is 1.43. The fraction of sp³-hybridized carbons (Fsp3) is 0. The smallest absolute Gasteiger partial charge is 0.235 e. The summed E-state index contributed by atoms with van der Waals surface area (Å²) in [4.78, 5) is 7.81. The van der Waals surface area contributed by atoms with Crippen molar-refractivity contribution < 1.29 is 9.84 Å². The highest BCUT2D eigenvalue weighted by Gasteiger charge is 2.06. The van der Waals surface area contributed by atoms with Gasteiger partial charge in [-0.05, 0) is 34.7 Å². The molecule has 0 bridgehead atoms. The van der Waals surface area contributed by atoms with Gasteiger partial charge in [0, 0.05) is 6.20 Å². The molecule has 4 nitrogen and oxygen atoms in total. The minimum Gasteiger partial charge on any atom is -0.504 e. The number of halogens is 1. The first kappa shape index (κ1) is 10.2. The number of nitrogens with zero attached hydrogens (tertiary/aromatic N) is 2. The molecule has 0 fully saturated rings. The number of phenolic OH excluding ortho intramolecular Hbond substituents is 1. The third-order valence-electron chi connectivity index (χ3n) is 1.71. The maximum atomic E-state index is 9.49. The van der Waals surface area contributed by atoms with Gasteiger partial charge in [-0.1, -0.05) is 12.1 Å². The lowest BCUT2D eigenvalue weighted by molar-refractivity contribution is 0.400. The maximum Gasteiger partial charge on any atom is 0.235 e. The third-order valence-corrected chi connectivity index (χ3v) is 2.45. The Morgan fingerprint density at radius 1 is 1.27 bits per heavy atom. The molecular weight excluding hydrogens is 307 g/mol. The summed E-state index contributed by atoms with van der Waals surface area (Å²) in [5.41, 5.74) is 0. The van der Waals surface area contributed by atoms with E-state index in [0.717, 1.165) is 3.57 Å². The molecule has 0 spiro atoms. The van der Waals surface area contributed by atoms with E-state index in [0.29, 0.717) is 11.6 Å². The molecule has 1 aromatic heterocycles. The molecule has 0 unspecified atom stereocenters. The Morgan fingerprint density at radius 3 is 2.80 bits per heavy atom. The van der Waals surface area contributed by atoms with Crippen molar-refractivity contribution in [1.82, 2.24) is 9.97 Å². The van der Waals surface area contributed by atoms with Crippen molar-refractivity contribution in [3.63, 3.8) is 0 Å². The minimum atomic E-state index is 0.0897. The average Bonchev–Trinajstić information content (AvgIpc) is 2.24. The summed E-state index contributed by atoms with van der Waals surface area (Å²) in [6.45, 7) is 0. The van der Waals surface area contributed by atoms with Gasteiger partial charge in [0.15, 0.2) is 11.5 Å². The highest BCUT2D eigenvalue weighted by molar-refractivity contribution is 14.1. The quantitative estimate of drug-likeness (QED) is 0.866. The Kier molecular flexibility index (Phi) is 3.00. The SMILES string of the molecule is Oc1ccccc1Oc1ncncc1I. The number of ether oxygens (including phenoxy) is 1. The van der Waals surface area contributed by atoms with Gasteiger partial charge in [-0.2, -0.15) is 0 Å². The zero-order valence-electron chi connectivity index (χ0n) is 7.59. The molecule has 0 aliphatic carbocycles. The second kappa shape index (κ2) is 4.43. The van der Waals surface area contributed by atoms with E-state index in [2.05, 4.69) is 32.6 Å². The molecule has 76 valence electrons. The van der Waals surface area contributed by atoms with Crippen LogP contribution in [0, 0.1) is 3.57 Å². The highest BCUT2D eigenvalue weighted by atomic mass is 127. The maximum absolute atomic E-state index is 9.49. The minimum absolute atomic E-state index is 0.0897. The van der Waals surface area contributed by atoms with E-state index in [-0.39, 0.29) is 5.75 Å². The van der Waals surface area contributed by atoms with Crippen molar-refractivity contribution in [2.75, 3.05) is 0 Å². The lowest BCUT2D eigenvalue weighted by Crippen LogP contribution is -1.91. The molecular formula is C10H7IN2O2. The van der Waals surface area contributed by atoms with Crippen LogP contribution < -0.4 is 4.74 Å². The molecule has 0 aliphatic heterocycles. The van der Waals surface area contributed by atoms with E-state index < -0.39 is 0 Å². The number of phenols is 1. The number of benzene rings is 1. The zero-order chi connectivity index (χ0) is 10.7. The third kappa shape index (κ3) is 2.35. The van der Waals surface area contributed by atoms with Gasteiger partial charge in [-0.3, -0.25) is 0 Å². The second-order valence-corrected chi connectivity index (χ2v) is 3.91. The van der Waals surface area contributed by atoms with Crippen LogP contribution in [-0.2, 0) is 0 Å². The van der Waals surface area contributed by atoms with Gasteiger partial charge in [-0.15, -0.1) is 0 Å². The number of hydrogen-bond donors (Lipinski definition) is 1.